The molecule has 0 aliphatic carbocycles. The highest BCUT2D eigenvalue weighted by molar-refractivity contribution is 6.05. The summed E-state index contributed by atoms with van der Waals surface area (Å²) < 4.78 is 6.03. The number of nitrogens with zero attached hydrogens (tertiary/aromatic N) is 2. The second-order valence-corrected chi connectivity index (χ2v) is 10.8. The van der Waals surface area contributed by atoms with Gasteiger partial charge in [0.1, 0.15) is 17.5 Å². The van der Waals surface area contributed by atoms with Crippen LogP contribution in [0.2, 0.25) is 0 Å². The topological polar surface area (TPSA) is 91.0 Å². The fourth-order valence-electron chi connectivity index (χ4n) is 5.52. The molecule has 0 unspecified atom stereocenters. The molecule has 4 amide bonds. The molecule has 8 nitrogen and oxygen atoms in total. The summed E-state index contributed by atoms with van der Waals surface area (Å²) in [7, 11) is 1.64. The number of hydrogen-bond acceptors (Lipinski definition) is 4. The van der Waals surface area contributed by atoms with Crippen molar-refractivity contribution in [1.29, 1.82) is 0 Å². The molecule has 43 heavy (non-hydrogen) atoms. The van der Waals surface area contributed by atoms with Crippen LogP contribution in [0.1, 0.15) is 22.7 Å². The number of amides is 4. The second kappa shape index (κ2) is 11.9. The number of rotatable bonds is 8. The van der Waals surface area contributed by atoms with Gasteiger partial charge in [-0.25, -0.2) is 4.79 Å². The molecule has 8 heteroatoms. The highest BCUT2D eigenvalue weighted by Crippen LogP contribution is 2.38. The fourth-order valence-corrected chi connectivity index (χ4v) is 5.52. The molecule has 2 atom stereocenters. The lowest BCUT2D eigenvalue weighted by Crippen LogP contribution is -2.47. The molecule has 216 valence electrons. The molecule has 6 rings (SSSR count). The quantitative estimate of drug-likeness (QED) is 0.278. The maximum Gasteiger partial charge on any atom is 0.322 e. The first-order valence-corrected chi connectivity index (χ1v) is 14.2. The van der Waals surface area contributed by atoms with Crippen molar-refractivity contribution in [3.05, 3.63) is 137 Å². The summed E-state index contributed by atoms with van der Waals surface area (Å²) in [6.45, 7) is 2.11. The molecular formula is C35H32N4O4. The maximum atomic E-state index is 14.3. The number of likely N-dealkylation sites (N-methyl/N-ethyl adjacent to an activating group) is 1. The van der Waals surface area contributed by atoms with E-state index in [9.17, 15) is 14.4 Å². The molecule has 0 aromatic heterocycles. The minimum atomic E-state index is -0.807. The number of anilines is 1. The van der Waals surface area contributed by atoms with Gasteiger partial charge in [-0.2, -0.15) is 0 Å². The number of urea groups is 1. The molecule has 0 saturated carbocycles. The highest BCUT2D eigenvalue weighted by atomic mass is 16.5. The van der Waals surface area contributed by atoms with E-state index in [0.29, 0.717) is 40.4 Å². The van der Waals surface area contributed by atoms with E-state index in [1.807, 2.05) is 116 Å². The van der Waals surface area contributed by atoms with E-state index >= 15 is 0 Å². The average Bonchev–Trinajstić information content (AvgIpc) is 3.36. The van der Waals surface area contributed by atoms with Gasteiger partial charge in [0.2, 0.25) is 5.91 Å². The smallest absolute Gasteiger partial charge is 0.322 e. The van der Waals surface area contributed by atoms with Crippen molar-refractivity contribution in [2.75, 3.05) is 18.9 Å². The number of para-hydroxylation sites is 1. The Balaban J connectivity index is 1.32. The van der Waals surface area contributed by atoms with E-state index in [4.69, 9.17) is 4.74 Å². The molecule has 0 bridgehead atoms. The standard InChI is InChI=1S/C35H32N4O4/c1-23-16-18-26(19-17-23)36-33(40)29(20-24-10-5-3-6-11-24)39-22-30-31(34(39)41)32(37-35(42)38(30)2)25-12-9-15-28(21-25)43-27-13-7-4-8-14-27/h3-19,21,29,32H,20,22H2,1-2H3,(H,36,40)(H,37,42)/t29-,32-/m0/s1. The second-order valence-electron chi connectivity index (χ2n) is 10.8. The Morgan fingerprint density at radius 3 is 2.30 bits per heavy atom. The minimum Gasteiger partial charge on any atom is -0.457 e. The van der Waals surface area contributed by atoms with Crippen LogP contribution in [0.5, 0.6) is 11.5 Å². The summed E-state index contributed by atoms with van der Waals surface area (Å²) in [6, 6.07) is 32.1. The van der Waals surface area contributed by atoms with Crippen molar-refractivity contribution in [2.24, 2.45) is 0 Å². The van der Waals surface area contributed by atoms with Gasteiger partial charge in [0.25, 0.3) is 5.91 Å². The number of nitrogens with one attached hydrogen (secondary N) is 2. The SMILES string of the molecule is Cc1ccc(NC(=O)[C@H](Cc2ccccc2)N2CC3=C(C2=O)[C@H](c2cccc(Oc4ccccc4)c2)NC(=O)N3C)cc1. The Kier molecular flexibility index (Phi) is 7.66. The predicted octanol–water partition coefficient (Wildman–Crippen LogP) is 5.83. The lowest BCUT2D eigenvalue weighted by Gasteiger charge is -2.31. The molecule has 2 aliphatic heterocycles. The molecule has 0 fully saturated rings. The van der Waals surface area contributed by atoms with Crippen molar-refractivity contribution in [3.8, 4) is 11.5 Å². The van der Waals surface area contributed by atoms with Crippen LogP contribution >= 0.6 is 0 Å². The van der Waals surface area contributed by atoms with Gasteiger partial charge in [0.15, 0.2) is 0 Å². The lowest BCUT2D eigenvalue weighted by molar-refractivity contribution is -0.134. The van der Waals surface area contributed by atoms with Gasteiger partial charge in [-0.05, 0) is 54.4 Å². The monoisotopic (exact) mass is 572 g/mol. The number of ether oxygens (including phenoxy) is 1. The van der Waals surface area contributed by atoms with Crippen LogP contribution in [0.25, 0.3) is 0 Å². The van der Waals surface area contributed by atoms with Crippen molar-refractivity contribution >= 4 is 23.5 Å². The van der Waals surface area contributed by atoms with Gasteiger partial charge < -0.3 is 20.3 Å². The maximum absolute atomic E-state index is 14.3. The zero-order chi connectivity index (χ0) is 29.9. The van der Waals surface area contributed by atoms with Gasteiger partial charge in [-0.3, -0.25) is 14.5 Å². The first kappa shape index (κ1) is 27.8. The van der Waals surface area contributed by atoms with Gasteiger partial charge >= 0.3 is 6.03 Å². The first-order chi connectivity index (χ1) is 20.9. The Morgan fingerprint density at radius 1 is 0.907 bits per heavy atom. The summed E-state index contributed by atoms with van der Waals surface area (Å²) in [6.07, 6.45) is 0.320. The summed E-state index contributed by atoms with van der Waals surface area (Å²) in [5.41, 5.74) is 4.39. The molecule has 0 radical (unpaired) electrons. The molecule has 2 N–H and O–H groups in total. The number of hydrogen-bond donors (Lipinski definition) is 2. The number of benzene rings is 4. The van der Waals surface area contributed by atoms with Crippen LogP contribution in [0, 0.1) is 6.92 Å². The lowest BCUT2D eigenvalue weighted by atomic mass is 9.95. The number of carbonyl (C=O) groups excluding carboxylic acids is 3. The van der Waals surface area contributed by atoms with E-state index in [1.165, 1.54) is 4.90 Å². The first-order valence-electron chi connectivity index (χ1n) is 14.2. The summed E-state index contributed by atoms with van der Waals surface area (Å²) >= 11 is 0. The zero-order valence-electron chi connectivity index (χ0n) is 24.0. The number of carbonyl (C=O) groups is 3. The van der Waals surface area contributed by atoms with E-state index in [2.05, 4.69) is 10.6 Å². The third kappa shape index (κ3) is 5.85. The van der Waals surface area contributed by atoms with Crippen molar-refractivity contribution in [3.63, 3.8) is 0 Å². The van der Waals surface area contributed by atoms with Gasteiger partial charge in [-0.15, -0.1) is 0 Å². The van der Waals surface area contributed by atoms with Crippen LogP contribution in [0.3, 0.4) is 0 Å². The van der Waals surface area contributed by atoms with Crippen molar-refractivity contribution in [1.82, 2.24) is 15.1 Å². The van der Waals surface area contributed by atoms with Crippen LogP contribution in [0.4, 0.5) is 10.5 Å². The Hall–Kier alpha value is -5.37. The van der Waals surface area contributed by atoms with E-state index in [-0.39, 0.29) is 24.4 Å². The summed E-state index contributed by atoms with van der Waals surface area (Å²) in [5.74, 6) is 0.679. The molecule has 0 spiro atoms. The molecular weight excluding hydrogens is 540 g/mol. The molecule has 0 saturated heterocycles. The average molecular weight is 573 g/mol. The van der Waals surface area contributed by atoms with Crippen LogP contribution in [-0.4, -0.2) is 47.3 Å². The fraction of sp³-hybridized carbons (Fsp3) is 0.171. The van der Waals surface area contributed by atoms with Crippen LogP contribution in [-0.2, 0) is 16.0 Å². The zero-order valence-corrected chi connectivity index (χ0v) is 24.0. The molecule has 2 aliphatic rings. The van der Waals surface area contributed by atoms with Gasteiger partial charge in [0.05, 0.1) is 23.9 Å². The van der Waals surface area contributed by atoms with Crippen LogP contribution in [0.15, 0.2) is 120 Å². The Labute approximate surface area is 250 Å². The number of aryl methyl sites for hydroxylation is 1. The Bertz CT molecular complexity index is 1690. The highest BCUT2D eigenvalue weighted by Gasteiger charge is 2.46. The minimum absolute atomic E-state index is 0.133. The third-order valence-electron chi connectivity index (χ3n) is 7.83. The molecule has 2 heterocycles. The largest absolute Gasteiger partial charge is 0.457 e. The van der Waals surface area contributed by atoms with Gasteiger partial charge in [-0.1, -0.05) is 78.4 Å². The molecule has 4 aromatic rings. The predicted molar refractivity (Wildman–Crippen MR) is 164 cm³/mol. The Morgan fingerprint density at radius 2 is 1.58 bits per heavy atom. The van der Waals surface area contributed by atoms with Gasteiger partial charge in [0, 0.05) is 19.2 Å². The van der Waals surface area contributed by atoms with Crippen LogP contribution < -0.4 is 15.4 Å². The van der Waals surface area contributed by atoms with Crippen molar-refractivity contribution < 1.29 is 19.1 Å². The van der Waals surface area contributed by atoms with E-state index in [0.717, 1.165) is 11.1 Å². The van der Waals surface area contributed by atoms with E-state index < -0.39 is 12.1 Å². The van der Waals surface area contributed by atoms with E-state index in [1.54, 1.807) is 11.9 Å². The summed E-state index contributed by atoms with van der Waals surface area (Å²) in [5, 5.41) is 5.98. The summed E-state index contributed by atoms with van der Waals surface area (Å²) in [4.78, 5) is 44.2. The molecule has 4 aromatic carbocycles. The third-order valence-corrected chi connectivity index (χ3v) is 7.83. The normalized spacial score (nSPS) is 16.9. The van der Waals surface area contributed by atoms with Crippen molar-refractivity contribution in [2.45, 2.75) is 25.4 Å².